The number of amides is 1. The van der Waals surface area contributed by atoms with Gasteiger partial charge >= 0.3 is 6.18 Å². The zero-order valence-electron chi connectivity index (χ0n) is 21.8. The Morgan fingerprint density at radius 3 is 2.06 bits per heavy atom. The van der Waals surface area contributed by atoms with Gasteiger partial charge in [-0.2, -0.15) is 13.2 Å². The molecule has 1 fully saturated rings. The number of aromatic nitrogens is 1. The highest BCUT2D eigenvalue weighted by Crippen LogP contribution is 2.40. The molecule has 36 heavy (non-hydrogen) atoms. The van der Waals surface area contributed by atoms with Gasteiger partial charge in [0.05, 0.1) is 0 Å². The summed E-state index contributed by atoms with van der Waals surface area (Å²) in [6.45, 7) is 14.3. The SMILES string of the molecule is CC(C)(C)c1cc(N2CCN(C(=O)C3(C(F)(F)F)C=Cc4cccnc4N3)CC2)cc(C(C)(C)C)c1. The summed E-state index contributed by atoms with van der Waals surface area (Å²) < 4.78 is 43.1. The molecule has 2 aliphatic heterocycles. The molecule has 2 aromatic rings. The van der Waals surface area contributed by atoms with Crippen molar-refractivity contribution >= 4 is 23.5 Å². The number of rotatable bonds is 2. The van der Waals surface area contributed by atoms with Gasteiger partial charge in [-0.25, -0.2) is 4.98 Å². The van der Waals surface area contributed by atoms with E-state index in [0.717, 1.165) is 11.8 Å². The third-order valence-corrected chi connectivity index (χ3v) is 7.03. The van der Waals surface area contributed by atoms with Crippen molar-refractivity contribution in [2.45, 2.75) is 64.1 Å². The number of nitrogens with one attached hydrogen (secondary N) is 1. The number of alkyl halides is 3. The molecule has 3 heterocycles. The van der Waals surface area contributed by atoms with Gasteiger partial charge in [0.15, 0.2) is 0 Å². The number of carbonyl (C=O) groups is 1. The first kappa shape index (κ1) is 26.0. The van der Waals surface area contributed by atoms with Crippen molar-refractivity contribution in [2.75, 3.05) is 36.4 Å². The molecule has 1 amide bonds. The van der Waals surface area contributed by atoms with Crippen LogP contribution in [0.3, 0.4) is 0 Å². The number of hydrogen-bond acceptors (Lipinski definition) is 4. The van der Waals surface area contributed by atoms with Crippen molar-refractivity contribution < 1.29 is 18.0 Å². The maximum Gasteiger partial charge on any atom is 0.424 e. The average molecular weight is 501 g/mol. The molecule has 8 heteroatoms. The fourth-order valence-electron chi connectivity index (χ4n) is 4.59. The smallest absolute Gasteiger partial charge is 0.368 e. The molecule has 1 aromatic carbocycles. The molecule has 4 rings (SSSR count). The van der Waals surface area contributed by atoms with Crippen LogP contribution in [0.15, 0.2) is 42.6 Å². The lowest BCUT2D eigenvalue weighted by Gasteiger charge is -2.43. The zero-order chi connectivity index (χ0) is 26.5. The van der Waals surface area contributed by atoms with Gasteiger partial charge in [-0.05, 0) is 52.3 Å². The number of piperazine rings is 1. The number of carbonyl (C=O) groups excluding carboxylic acids is 1. The molecule has 1 unspecified atom stereocenters. The molecule has 0 saturated carbocycles. The van der Waals surface area contributed by atoms with E-state index in [2.05, 4.69) is 74.9 Å². The van der Waals surface area contributed by atoms with Crippen molar-refractivity contribution in [1.82, 2.24) is 9.88 Å². The molecule has 2 aliphatic rings. The minimum absolute atomic E-state index is 0.0454. The van der Waals surface area contributed by atoms with E-state index in [1.807, 2.05) is 0 Å². The van der Waals surface area contributed by atoms with E-state index in [0.29, 0.717) is 18.7 Å². The molecule has 1 N–H and O–H groups in total. The molecule has 1 saturated heterocycles. The van der Waals surface area contributed by atoms with Gasteiger partial charge in [-0.15, -0.1) is 0 Å². The predicted molar refractivity (Wildman–Crippen MR) is 138 cm³/mol. The van der Waals surface area contributed by atoms with Crippen LogP contribution in [0.1, 0.15) is 58.2 Å². The number of pyridine rings is 1. The Morgan fingerprint density at radius 2 is 1.53 bits per heavy atom. The maximum absolute atomic E-state index is 14.4. The molecule has 0 bridgehead atoms. The zero-order valence-corrected chi connectivity index (χ0v) is 21.8. The summed E-state index contributed by atoms with van der Waals surface area (Å²) >= 11 is 0. The fourth-order valence-corrected chi connectivity index (χ4v) is 4.59. The Balaban J connectivity index is 1.57. The van der Waals surface area contributed by atoms with E-state index < -0.39 is 17.6 Å². The van der Waals surface area contributed by atoms with E-state index in [-0.39, 0.29) is 29.7 Å². The van der Waals surface area contributed by atoms with Crippen LogP contribution in [0.2, 0.25) is 0 Å². The number of hydrogen-bond donors (Lipinski definition) is 1. The van der Waals surface area contributed by atoms with Crippen LogP contribution in [0.25, 0.3) is 6.08 Å². The normalized spacial score (nSPS) is 20.7. The Kier molecular flexibility index (Phi) is 6.38. The third-order valence-electron chi connectivity index (χ3n) is 7.03. The molecule has 0 radical (unpaired) electrons. The molecule has 1 aromatic heterocycles. The summed E-state index contributed by atoms with van der Waals surface area (Å²) in [6.07, 6.45) is -1.16. The number of halogens is 3. The lowest BCUT2D eigenvalue weighted by Crippen LogP contribution is -2.64. The van der Waals surface area contributed by atoms with Crippen molar-refractivity contribution in [3.8, 4) is 0 Å². The highest BCUT2D eigenvalue weighted by Gasteiger charge is 2.61. The number of anilines is 2. The van der Waals surface area contributed by atoms with Crippen molar-refractivity contribution in [2.24, 2.45) is 0 Å². The lowest BCUT2D eigenvalue weighted by molar-refractivity contribution is -0.182. The lowest BCUT2D eigenvalue weighted by atomic mass is 9.80. The van der Waals surface area contributed by atoms with Crippen LogP contribution < -0.4 is 10.2 Å². The molecular weight excluding hydrogens is 465 g/mol. The Bertz CT molecular complexity index is 1140. The second-order valence-electron chi connectivity index (χ2n) is 11.8. The van der Waals surface area contributed by atoms with Crippen molar-refractivity contribution in [3.63, 3.8) is 0 Å². The molecule has 0 spiro atoms. The van der Waals surface area contributed by atoms with Crippen LogP contribution >= 0.6 is 0 Å². The second kappa shape index (κ2) is 8.82. The van der Waals surface area contributed by atoms with Gasteiger partial charge in [0.1, 0.15) is 5.82 Å². The molecule has 1 atom stereocenters. The molecule has 194 valence electrons. The van der Waals surface area contributed by atoms with E-state index in [4.69, 9.17) is 0 Å². The highest BCUT2D eigenvalue weighted by molar-refractivity contribution is 5.96. The van der Waals surface area contributed by atoms with E-state index in [1.165, 1.54) is 28.3 Å². The topological polar surface area (TPSA) is 48.5 Å². The van der Waals surface area contributed by atoms with Crippen LogP contribution in [-0.4, -0.2) is 53.7 Å². The van der Waals surface area contributed by atoms with Crippen LogP contribution in [0.5, 0.6) is 0 Å². The minimum atomic E-state index is -4.82. The molecule has 0 aliphatic carbocycles. The summed E-state index contributed by atoms with van der Waals surface area (Å²) in [5.74, 6) is -0.945. The van der Waals surface area contributed by atoms with Gasteiger partial charge in [0.2, 0.25) is 5.54 Å². The number of benzene rings is 1. The number of fused-ring (bicyclic) bond motifs is 1. The fraction of sp³-hybridized carbons (Fsp3) is 0.500. The van der Waals surface area contributed by atoms with Gasteiger partial charge in [0.25, 0.3) is 5.91 Å². The Labute approximate surface area is 211 Å². The summed E-state index contributed by atoms with van der Waals surface area (Å²) in [4.78, 5) is 20.9. The first-order valence-electron chi connectivity index (χ1n) is 12.3. The molecule has 5 nitrogen and oxygen atoms in total. The van der Waals surface area contributed by atoms with Crippen LogP contribution in [-0.2, 0) is 15.6 Å². The third kappa shape index (κ3) is 4.82. The highest BCUT2D eigenvalue weighted by atomic mass is 19.4. The van der Waals surface area contributed by atoms with E-state index in [9.17, 15) is 18.0 Å². The quantitative estimate of drug-likeness (QED) is 0.569. The second-order valence-corrected chi connectivity index (χ2v) is 11.8. The Morgan fingerprint density at radius 1 is 0.944 bits per heavy atom. The first-order valence-corrected chi connectivity index (χ1v) is 12.3. The first-order chi connectivity index (χ1) is 16.6. The van der Waals surface area contributed by atoms with E-state index in [1.54, 1.807) is 12.1 Å². The average Bonchev–Trinajstić information content (AvgIpc) is 2.81. The van der Waals surface area contributed by atoms with Crippen molar-refractivity contribution in [3.05, 3.63) is 59.3 Å². The van der Waals surface area contributed by atoms with Gasteiger partial charge in [0, 0.05) is 43.6 Å². The monoisotopic (exact) mass is 500 g/mol. The predicted octanol–water partition coefficient (Wildman–Crippen LogP) is 5.77. The van der Waals surface area contributed by atoms with E-state index >= 15 is 0 Å². The largest absolute Gasteiger partial charge is 0.424 e. The maximum atomic E-state index is 14.4. The standard InChI is InChI=1S/C28H35F3N4O/c1-25(2,3)20-16-21(26(4,5)6)18-22(17-20)34-12-14-35(15-13-34)24(36)27(28(29,30)31)10-9-19-8-7-11-32-23(19)33-27/h7-11,16-18H,12-15H2,1-6H3,(H,32,33). The summed E-state index contributed by atoms with van der Waals surface area (Å²) in [7, 11) is 0. The molecular formula is C28H35F3N4O. The van der Waals surface area contributed by atoms with Crippen LogP contribution in [0.4, 0.5) is 24.7 Å². The Hall–Kier alpha value is -3.03. The summed E-state index contributed by atoms with van der Waals surface area (Å²) in [5.41, 5.74) is 1.06. The van der Waals surface area contributed by atoms with Crippen LogP contribution in [0, 0.1) is 0 Å². The van der Waals surface area contributed by atoms with Gasteiger partial charge < -0.3 is 15.1 Å². The summed E-state index contributed by atoms with van der Waals surface area (Å²) in [5, 5.41) is 2.41. The van der Waals surface area contributed by atoms with Gasteiger partial charge in [-0.1, -0.05) is 53.7 Å². The number of nitrogens with zero attached hydrogens (tertiary/aromatic N) is 3. The minimum Gasteiger partial charge on any atom is -0.368 e. The van der Waals surface area contributed by atoms with Crippen molar-refractivity contribution in [1.29, 1.82) is 0 Å². The summed E-state index contributed by atoms with van der Waals surface area (Å²) in [6, 6.07) is 9.87. The van der Waals surface area contributed by atoms with Gasteiger partial charge in [-0.3, -0.25) is 4.79 Å².